The van der Waals surface area contributed by atoms with E-state index >= 15 is 0 Å². The van der Waals surface area contributed by atoms with Crippen LogP contribution in [-0.4, -0.2) is 61.2 Å². The van der Waals surface area contributed by atoms with Gasteiger partial charge in [-0.15, -0.1) is 0 Å². The number of amides is 1. The quantitative estimate of drug-likeness (QED) is 0.896. The molecule has 1 aliphatic heterocycles. The van der Waals surface area contributed by atoms with E-state index in [4.69, 9.17) is 4.74 Å². The molecule has 0 aromatic heterocycles. The largest absolute Gasteiger partial charge is 0.508 e. The van der Waals surface area contributed by atoms with Gasteiger partial charge >= 0.3 is 0 Å². The molecule has 1 saturated heterocycles. The molecule has 5 heteroatoms. The number of carbonyl (C=O) groups excluding carboxylic acids is 1. The van der Waals surface area contributed by atoms with Crippen LogP contribution in [0.4, 0.5) is 0 Å². The SMILES string of the molecule is COC(C(=O)N(C)CC1CCCN1C)c1ccc(O)cc1. The van der Waals surface area contributed by atoms with E-state index in [1.807, 2.05) is 7.05 Å². The summed E-state index contributed by atoms with van der Waals surface area (Å²) in [5.41, 5.74) is 0.756. The molecule has 1 N–H and O–H groups in total. The van der Waals surface area contributed by atoms with Gasteiger partial charge in [0.25, 0.3) is 5.91 Å². The van der Waals surface area contributed by atoms with Crippen molar-refractivity contribution >= 4 is 5.91 Å². The lowest BCUT2D eigenvalue weighted by Gasteiger charge is -2.28. The number of likely N-dealkylation sites (tertiary alicyclic amines) is 1. The van der Waals surface area contributed by atoms with E-state index in [-0.39, 0.29) is 11.7 Å². The maximum Gasteiger partial charge on any atom is 0.256 e. The van der Waals surface area contributed by atoms with Crippen molar-refractivity contribution in [2.24, 2.45) is 0 Å². The molecule has 0 bridgehead atoms. The van der Waals surface area contributed by atoms with E-state index < -0.39 is 6.10 Å². The van der Waals surface area contributed by atoms with Crippen molar-refractivity contribution in [3.05, 3.63) is 29.8 Å². The molecule has 1 amide bonds. The molecule has 1 aromatic carbocycles. The summed E-state index contributed by atoms with van der Waals surface area (Å²) >= 11 is 0. The summed E-state index contributed by atoms with van der Waals surface area (Å²) in [5.74, 6) is 0.130. The van der Waals surface area contributed by atoms with Crippen molar-refractivity contribution in [2.45, 2.75) is 25.0 Å². The molecular formula is C16H24N2O3. The number of rotatable bonds is 5. The number of hydrogen-bond acceptors (Lipinski definition) is 4. The smallest absolute Gasteiger partial charge is 0.256 e. The molecule has 0 aliphatic carbocycles. The van der Waals surface area contributed by atoms with Crippen LogP contribution >= 0.6 is 0 Å². The molecule has 5 nitrogen and oxygen atoms in total. The summed E-state index contributed by atoms with van der Waals surface area (Å²) in [6, 6.07) is 7.00. The summed E-state index contributed by atoms with van der Waals surface area (Å²) in [4.78, 5) is 16.6. The first kappa shape index (κ1) is 15.8. The fourth-order valence-electron chi connectivity index (χ4n) is 2.84. The van der Waals surface area contributed by atoms with Gasteiger partial charge in [-0.2, -0.15) is 0 Å². The second-order valence-electron chi connectivity index (χ2n) is 5.70. The topological polar surface area (TPSA) is 53.0 Å². The van der Waals surface area contributed by atoms with Crippen molar-refractivity contribution in [3.8, 4) is 5.75 Å². The van der Waals surface area contributed by atoms with Gasteiger partial charge in [0.15, 0.2) is 6.10 Å². The van der Waals surface area contributed by atoms with Gasteiger partial charge in [-0.3, -0.25) is 4.79 Å². The third-order valence-electron chi connectivity index (χ3n) is 4.19. The molecule has 2 rings (SSSR count). The molecule has 2 atom stereocenters. The number of hydrogen-bond donors (Lipinski definition) is 1. The number of benzene rings is 1. The van der Waals surface area contributed by atoms with E-state index in [0.29, 0.717) is 12.6 Å². The van der Waals surface area contributed by atoms with Gasteiger partial charge in [-0.25, -0.2) is 0 Å². The second-order valence-corrected chi connectivity index (χ2v) is 5.70. The first-order chi connectivity index (χ1) is 10.0. The molecule has 0 radical (unpaired) electrons. The van der Waals surface area contributed by atoms with Crippen LogP contribution in [0.25, 0.3) is 0 Å². The zero-order valence-electron chi connectivity index (χ0n) is 13.0. The first-order valence-electron chi connectivity index (χ1n) is 7.30. The minimum absolute atomic E-state index is 0.0523. The lowest BCUT2D eigenvalue weighted by molar-refractivity contribution is -0.141. The van der Waals surface area contributed by atoms with Crippen molar-refractivity contribution < 1.29 is 14.6 Å². The Morgan fingerprint density at radius 2 is 2.14 bits per heavy atom. The average Bonchev–Trinajstić information content (AvgIpc) is 2.87. The molecule has 1 fully saturated rings. The van der Waals surface area contributed by atoms with E-state index in [2.05, 4.69) is 11.9 Å². The molecule has 0 spiro atoms. The number of phenolic OH excluding ortho intramolecular Hbond substituents is 1. The first-order valence-corrected chi connectivity index (χ1v) is 7.30. The summed E-state index contributed by atoms with van der Waals surface area (Å²) in [6.07, 6.45) is 1.70. The molecule has 1 aliphatic rings. The molecule has 1 aromatic rings. The van der Waals surface area contributed by atoms with Crippen molar-refractivity contribution in [3.63, 3.8) is 0 Å². The van der Waals surface area contributed by atoms with Crippen LogP contribution in [0.5, 0.6) is 5.75 Å². The number of carbonyl (C=O) groups is 1. The third kappa shape index (κ3) is 3.74. The van der Waals surface area contributed by atoms with Gasteiger partial charge in [0, 0.05) is 26.7 Å². The Morgan fingerprint density at radius 3 is 2.67 bits per heavy atom. The van der Waals surface area contributed by atoms with Gasteiger partial charge in [-0.05, 0) is 44.1 Å². The molecule has 116 valence electrons. The zero-order chi connectivity index (χ0) is 15.4. The Labute approximate surface area is 126 Å². The number of likely N-dealkylation sites (N-methyl/N-ethyl adjacent to an activating group) is 2. The fraction of sp³-hybridized carbons (Fsp3) is 0.562. The predicted molar refractivity (Wildman–Crippen MR) is 81.1 cm³/mol. The highest BCUT2D eigenvalue weighted by Crippen LogP contribution is 2.23. The van der Waals surface area contributed by atoms with Crippen LogP contribution < -0.4 is 0 Å². The average molecular weight is 292 g/mol. The van der Waals surface area contributed by atoms with E-state index in [9.17, 15) is 9.90 Å². The number of nitrogens with zero attached hydrogens (tertiary/aromatic N) is 2. The Balaban J connectivity index is 2.03. The maximum atomic E-state index is 12.6. The molecule has 21 heavy (non-hydrogen) atoms. The van der Waals surface area contributed by atoms with Crippen LogP contribution in [0.1, 0.15) is 24.5 Å². The standard InChI is InChI=1S/C16H24N2O3/c1-17-10-4-5-13(17)11-18(2)16(20)15(21-3)12-6-8-14(19)9-7-12/h6-9,13,15,19H,4-5,10-11H2,1-3H3. The third-order valence-corrected chi connectivity index (χ3v) is 4.19. The summed E-state index contributed by atoms with van der Waals surface area (Å²) in [7, 11) is 5.45. The molecular weight excluding hydrogens is 268 g/mol. The maximum absolute atomic E-state index is 12.6. The highest BCUT2D eigenvalue weighted by atomic mass is 16.5. The fourth-order valence-corrected chi connectivity index (χ4v) is 2.84. The van der Waals surface area contributed by atoms with Gasteiger partial charge < -0.3 is 19.6 Å². The van der Waals surface area contributed by atoms with Gasteiger partial charge in [0.2, 0.25) is 0 Å². The Kier molecular flexibility index (Phi) is 5.20. The lowest BCUT2D eigenvalue weighted by atomic mass is 10.1. The normalized spacial score (nSPS) is 20.4. The van der Waals surface area contributed by atoms with Crippen LogP contribution in [0.2, 0.25) is 0 Å². The van der Waals surface area contributed by atoms with E-state index in [1.54, 1.807) is 29.2 Å². The second kappa shape index (κ2) is 6.91. The van der Waals surface area contributed by atoms with Crippen LogP contribution in [0.3, 0.4) is 0 Å². The Bertz CT molecular complexity index is 475. The lowest BCUT2D eigenvalue weighted by Crippen LogP contribution is -2.41. The number of ether oxygens (including phenoxy) is 1. The molecule has 2 unspecified atom stereocenters. The summed E-state index contributed by atoms with van der Waals surface area (Å²) in [5, 5.41) is 9.34. The molecule has 0 saturated carbocycles. The van der Waals surface area contributed by atoms with Crippen LogP contribution in [0.15, 0.2) is 24.3 Å². The van der Waals surface area contributed by atoms with E-state index in [0.717, 1.165) is 18.5 Å². The monoisotopic (exact) mass is 292 g/mol. The highest BCUT2D eigenvalue weighted by molar-refractivity contribution is 5.82. The van der Waals surface area contributed by atoms with Crippen LogP contribution in [-0.2, 0) is 9.53 Å². The van der Waals surface area contributed by atoms with Gasteiger partial charge in [0.1, 0.15) is 5.75 Å². The van der Waals surface area contributed by atoms with Crippen molar-refractivity contribution in [1.82, 2.24) is 9.80 Å². The number of aromatic hydroxyl groups is 1. The minimum Gasteiger partial charge on any atom is -0.508 e. The number of methoxy groups -OCH3 is 1. The van der Waals surface area contributed by atoms with Crippen molar-refractivity contribution in [2.75, 3.05) is 34.3 Å². The Morgan fingerprint density at radius 1 is 1.48 bits per heavy atom. The van der Waals surface area contributed by atoms with Crippen LogP contribution in [0, 0.1) is 0 Å². The summed E-state index contributed by atoms with van der Waals surface area (Å²) in [6.45, 7) is 1.81. The van der Waals surface area contributed by atoms with Gasteiger partial charge in [-0.1, -0.05) is 12.1 Å². The van der Waals surface area contributed by atoms with Crippen molar-refractivity contribution in [1.29, 1.82) is 0 Å². The number of phenols is 1. The minimum atomic E-state index is -0.623. The Hall–Kier alpha value is -1.59. The highest BCUT2D eigenvalue weighted by Gasteiger charge is 2.28. The predicted octanol–water partition coefficient (Wildman–Crippen LogP) is 1.63. The van der Waals surface area contributed by atoms with Gasteiger partial charge in [0.05, 0.1) is 0 Å². The zero-order valence-corrected chi connectivity index (χ0v) is 13.0. The van der Waals surface area contributed by atoms with E-state index in [1.165, 1.54) is 13.5 Å². The molecule has 1 heterocycles. The summed E-state index contributed by atoms with van der Waals surface area (Å²) < 4.78 is 5.36.